The minimum atomic E-state index is -0.681. The molecule has 0 bridgehead atoms. The Kier molecular flexibility index (Phi) is 8.07. The van der Waals surface area contributed by atoms with Gasteiger partial charge in [-0.15, -0.1) is 0 Å². The molecule has 0 saturated heterocycles. The summed E-state index contributed by atoms with van der Waals surface area (Å²) in [5.41, 5.74) is 2.59. The second-order valence-corrected chi connectivity index (χ2v) is 9.90. The third-order valence-corrected chi connectivity index (χ3v) is 6.89. The molecule has 40 heavy (non-hydrogen) atoms. The molecule has 2 N–H and O–H groups in total. The highest BCUT2D eigenvalue weighted by molar-refractivity contribution is 6.53. The van der Waals surface area contributed by atoms with Gasteiger partial charge in [0.25, 0.3) is 17.7 Å². The zero-order valence-corrected chi connectivity index (χ0v) is 22.9. The van der Waals surface area contributed by atoms with Crippen LogP contribution in [0.15, 0.2) is 108 Å². The number of halogens is 3. The number of imide groups is 1. The summed E-state index contributed by atoms with van der Waals surface area (Å²) in [7, 11) is 0. The molecule has 7 nitrogen and oxygen atoms in total. The largest absolute Gasteiger partial charge is 0.489 e. The Hall–Kier alpha value is -4.30. The third kappa shape index (κ3) is 5.97. The van der Waals surface area contributed by atoms with E-state index in [1.54, 1.807) is 84.9 Å². The number of nitrogens with one attached hydrogen (secondary N) is 2. The fourth-order valence-electron chi connectivity index (χ4n) is 3.90. The summed E-state index contributed by atoms with van der Waals surface area (Å²) in [5.74, 6) is -0.981. The molecular formula is C30H20Cl3N3O4. The zero-order chi connectivity index (χ0) is 28.2. The van der Waals surface area contributed by atoms with Gasteiger partial charge in [0.15, 0.2) is 0 Å². The molecule has 0 unspecified atom stereocenters. The van der Waals surface area contributed by atoms with Gasteiger partial charge >= 0.3 is 0 Å². The number of rotatable bonds is 8. The first-order valence-corrected chi connectivity index (χ1v) is 13.1. The Labute approximate surface area is 244 Å². The Balaban J connectivity index is 1.19. The average Bonchev–Trinajstić information content (AvgIpc) is 3.17. The minimum Gasteiger partial charge on any atom is -0.489 e. The molecular weight excluding hydrogens is 573 g/mol. The molecule has 1 aliphatic heterocycles. The summed E-state index contributed by atoms with van der Waals surface area (Å²) in [5, 5.41) is 6.36. The highest BCUT2D eigenvalue weighted by Gasteiger charge is 2.39. The lowest BCUT2D eigenvalue weighted by Gasteiger charge is -2.16. The van der Waals surface area contributed by atoms with E-state index in [9.17, 15) is 14.4 Å². The molecule has 200 valence electrons. The first kappa shape index (κ1) is 27.3. The molecule has 4 aromatic carbocycles. The van der Waals surface area contributed by atoms with Crippen LogP contribution in [-0.2, 0) is 16.2 Å². The predicted molar refractivity (Wildman–Crippen MR) is 157 cm³/mol. The van der Waals surface area contributed by atoms with Crippen molar-refractivity contribution in [2.45, 2.75) is 6.61 Å². The molecule has 0 saturated carbocycles. The quantitative estimate of drug-likeness (QED) is 0.210. The van der Waals surface area contributed by atoms with Crippen molar-refractivity contribution in [1.82, 2.24) is 0 Å². The van der Waals surface area contributed by atoms with Gasteiger partial charge in [-0.3, -0.25) is 14.4 Å². The number of carbonyl (C=O) groups excluding carboxylic acids is 3. The van der Waals surface area contributed by atoms with Gasteiger partial charge in [-0.1, -0.05) is 59.1 Å². The highest BCUT2D eigenvalue weighted by Crippen LogP contribution is 2.34. The van der Waals surface area contributed by atoms with Crippen molar-refractivity contribution in [1.29, 1.82) is 0 Å². The summed E-state index contributed by atoms with van der Waals surface area (Å²) >= 11 is 18.3. The predicted octanol–water partition coefficient (Wildman–Crippen LogP) is 7.26. The van der Waals surface area contributed by atoms with Gasteiger partial charge in [0.1, 0.15) is 23.1 Å². The van der Waals surface area contributed by atoms with Crippen molar-refractivity contribution in [2.75, 3.05) is 15.5 Å². The number of nitrogens with zero attached hydrogens (tertiary/aromatic N) is 1. The summed E-state index contributed by atoms with van der Waals surface area (Å²) < 4.78 is 5.77. The molecule has 0 atom stereocenters. The van der Waals surface area contributed by atoms with Gasteiger partial charge in [0.05, 0.1) is 10.7 Å². The van der Waals surface area contributed by atoms with Gasteiger partial charge in [0.2, 0.25) is 0 Å². The fraction of sp³-hybridized carbons (Fsp3) is 0.0333. The van der Waals surface area contributed by atoms with Gasteiger partial charge in [-0.25, -0.2) is 4.90 Å². The lowest BCUT2D eigenvalue weighted by Crippen LogP contribution is -2.32. The zero-order valence-electron chi connectivity index (χ0n) is 20.7. The Morgan fingerprint density at radius 2 is 1.40 bits per heavy atom. The van der Waals surface area contributed by atoms with Gasteiger partial charge < -0.3 is 15.4 Å². The number of hydrogen-bond acceptors (Lipinski definition) is 5. The van der Waals surface area contributed by atoms with Crippen molar-refractivity contribution in [3.8, 4) is 5.75 Å². The highest BCUT2D eigenvalue weighted by atomic mass is 35.5. The number of carbonyl (C=O) groups is 3. The van der Waals surface area contributed by atoms with Crippen LogP contribution in [0.2, 0.25) is 10.0 Å². The number of hydrogen-bond donors (Lipinski definition) is 2. The SMILES string of the molecule is O=C(Nc1ccc(OCc2ccc(Cl)cc2)cc1)c1ccc(NC2=C(Cl)C(=O)N(c3ccccc3Cl)C2=O)cc1. The third-order valence-electron chi connectivity index (χ3n) is 5.97. The van der Waals surface area contributed by atoms with Crippen LogP contribution in [0.5, 0.6) is 5.75 Å². The summed E-state index contributed by atoms with van der Waals surface area (Å²) in [4.78, 5) is 39.3. The lowest BCUT2D eigenvalue weighted by atomic mass is 10.2. The number of para-hydroxylation sites is 1. The van der Waals surface area contributed by atoms with E-state index in [2.05, 4.69) is 10.6 Å². The van der Waals surface area contributed by atoms with E-state index in [0.29, 0.717) is 34.3 Å². The van der Waals surface area contributed by atoms with Crippen LogP contribution in [0.25, 0.3) is 0 Å². The summed E-state index contributed by atoms with van der Waals surface area (Å²) in [6.45, 7) is 0.392. The van der Waals surface area contributed by atoms with Crippen LogP contribution < -0.4 is 20.3 Å². The smallest absolute Gasteiger partial charge is 0.283 e. The van der Waals surface area contributed by atoms with Crippen LogP contribution in [-0.4, -0.2) is 17.7 Å². The lowest BCUT2D eigenvalue weighted by molar-refractivity contribution is -0.120. The summed E-state index contributed by atoms with van der Waals surface area (Å²) in [6, 6.07) is 27.3. The van der Waals surface area contributed by atoms with Crippen molar-refractivity contribution >= 4 is 69.6 Å². The molecule has 3 amide bonds. The Morgan fingerprint density at radius 3 is 2.08 bits per heavy atom. The maximum atomic E-state index is 13.0. The van der Waals surface area contributed by atoms with Gasteiger partial charge in [-0.05, 0) is 78.4 Å². The second-order valence-electron chi connectivity index (χ2n) is 8.68. The molecule has 0 aliphatic carbocycles. The first-order valence-electron chi connectivity index (χ1n) is 12.0. The fourth-order valence-corrected chi connectivity index (χ4v) is 4.46. The number of benzene rings is 4. The molecule has 0 radical (unpaired) electrons. The van der Waals surface area contributed by atoms with E-state index in [-0.39, 0.29) is 27.3 Å². The van der Waals surface area contributed by atoms with E-state index in [1.165, 1.54) is 0 Å². The maximum Gasteiger partial charge on any atom is 0.283 e. The first-order chi connectivity index (χ1) is 19.3. The van der Waals surface area contributed by atoms with Crippen molar-refractivity contribution in [3.05, 3.63) is 129 Å². The van der Waals surface area contributed by atoms with Gasteiger partial charge in [0, 0.05) is 22.0 Å². The summed E-state index contributed by atoms with van der Waals surface area (Å²) in [6.07, 6.45) is 0. The number of anilines is 3. The Bertz CT molecular complexity index is 1620. The van der Waals surface area contributed by atoms with E-state index in [4.69, 9.17) is 39.5 Å². The van der Waals surface area contributed by atoms with Crippen LogP contribution >= 0.6 is 34.8 Å². The molecule has 10 heteroatoms. The minimum absolute atomic E-state index is 0.0813. The van der Waals surface area contributed by atoms with Crippen molar-refractivity contribution in [2.24, 2.45) is 0 Å². The van der Waals surface area contributed by atoms with E-state index in [1.807, 2.05) is 12.1 Å². The molecule has 1 aliphatic rings. The van der Waals surface area contributed by atoms with Crippen LogP contribution in [0.1, 0.15) is 15.9 Å². The normalized spacial score (nSPS) is 13.0. The van der Waals surface area contributed by atoms with Crippen molar-refractivity contribution < 1.29 is 19.1 Å². The van der Waals surface area contributed by atoms with Gasteiger partial charge in [-0.2, -0.15) is 0 Å². The molecule has 0 aromatic heterocycles. The molecule has 5 rings (SSSR count). The molecule has 0 fully saturated rings. The van der Waals surface area contributed by atoms with E-state index >= 15 is 0 Å². The number of amides is 3. The monoisotopic (exact) mass is 591 g/mol. The second kappa shape index (κ2) is 11.8. The molecule has 0 spiro atoms. The number of ether oxygens (including phenoxy) is 1. The van der Waals surface area contributed by atoms with Crippen LogP contribution in [0.4, 0.5) is 17.1 Å². The van der Waals surface area contributed by atoms with Crippen molar-refractivity contribution in [3.63, 3.8) is 0 Å². The van der Waals surface area contributed by atoms with Crippen LogP contribution in [0, 0.1) is 0 Å². The topological polar surface area (TPSA) is 87.7 Å². The standard InChI is InChI=1S/C30H20Cl3N3O4/c31-20-9-5-18(6-10-20)17-40-23-15-13-22(14-16-23)35-28(37)19-7-11-21(12-8-19)34-27-26(33)29(38)36(30(27)39)25-4-2-1-3-24(25)32/h1-16,34H,17H2,(H,35,37). The van der Waals surface area contributed by atoms with Crippen LogP contribution in [0.3, 0.4) is 0 Å². The van der Waals surface area contributed by atoms with E-state index in [0.717, 1.165) is 10.5 Å². The molecule has 4 aromatic rings. The maximum absolute atomic E-state index is 13.0. The molecule has 1 heterocycles. The average molecular weight is 593 g/mol. The van der Waals surface area contributed by atoms with E-state index < -0.39 is 11.8 Å². The Morgan fingerprint density at radius 1 is 0.750 bits per heavy atom.